The summed E-state index contributed by atoms with van der Waals surface area (Å²) < 4.78 is 66.9. The number of nitrogens with zero attached hydrogens (tertiary/aromatic N) is 1. The van der Waals surface area contributed by atoms with Gasteiger partial charge in [0.15, 0.2) is 11.5 Å². The lowest BCUT2D eigenvalue weighted by Gasteiger charge is -2.24. The van der Waals surface area contributed by atoms with Gasteiger partial charge in [0, 0.05) is 20.2 Å². The van der Waals surface area contributed by atoms with Gasteiger partial charge in [-0.1, -0.05) is 23.8 Å². The highest BCUT2D eigenvalue weighted by Gasteiger charge is 2.28. The van der Waals surface area contributed by atoms with Crippen molar-refractivity contribution in [1.29, 1.82) is 0 Å². The predicted octanol–water partition coefficient (Wildman–Crippen LogP) is 2.80. The van der Waals surface area contributed by atoms with Crippen LogP contribution in [0.3, 0.4) is 0 Å². The van der Waals surface area contributed by atoms with Gasteiger partial charge in [-0.05, 0) is 49.6 Å². The summed E-state index contributed by atoms with van der Waals surface area (Å²) in [5, 5.41) is 0. The lowest BCUT2D eigenvalue weighted by molar-refractivity contribution is 0.177. The molecule has 31 heavy (non-hydrogen) atoms. The maximum atomic E-state index is 13.6. The minimum atomic E-state index is -3.85. The van der Waals surface area contributed by atoms with Gasteiger partial charge < -0.3 is 13.7 Å². The molecule has 2 aromatic rings. The molecule has 8 nitrogen and oxygen atoms in total. The second-order valence-electron chi connectivity index (χ2n) is 7.33. The van der Waals surface area contributed by atoms with Crippen LogP contribution in [-0.2, 0) is 31.4 Å². The summed E-state index contributed by atoms with van der Waals surface area (Å²) in [6.45, 7) is 5.79. The molecule has 10 heteroatoms. The molecule has 0 N–H and O–H groups in total. The Morgan fingerprint density at radius 1 is 0.903 bits per heavy atom. The topological polar surface area (TPSA) is 99.2 Å². The maximum Gasteiger partial charge on any atom is 0.306 e. The van der Waals surface area contributed by atoms with E-state index in [1.807, 2.05) is 19.1 Å². The average molecular weight is 472 g/mol. The van der Waals surface area contributed by atoms with Crippen molar-refractivity contribution in [2.75, 3.05) is 33.6 Å². The highest BCUT2D eigenvalue weighted by molar-refractivity contribution is 7.89. The predicted molar refractivity (Wildman–Crippen MR) is 119 cm³/mol. The van der Waals surface area contributed by atoms with E-state index in [9.17, 15) is 16.8 Å². The number of hydrogen-bond donors (Lipinski definition) is 0. The standard InChI is InChI=1S/C21H29NO7S2/c1-15-11-16(2)21(17(3)12-15)31(25,26)22(9-10-27-4)14-18-7-8-19(28-5)20(13-18)29-30(6,23)24/h7-8,11-13H,9-10,14H2,1-6H3. The van der Waals surface area contributed by atoms with E-state index in [1.54, 1.807) is 26.0 Å². The van der Waals surface area contributed by atoms with E-state index in [0.29, 0.717) is 16.7 Å². The van der Waals surface area contributed by atoms with Crippen LogP contribution in [0.15, 0.2) is 35.2 Å². The molecule has 0 aliphatic carbocycles. The van der Waals surface area contributed by atoms with Crippen molar-refractivity contribution in [3.8, 4) is 11.5 Å². The number of sulfonamides is 1. The molecule has 0 heterocycles. The van der Waals surface area contributed by atoms with Crippen molar-refractivity contribution >= 4 is 20.1 Å². The molecule has 0 amide bonds. The number of ether oxygens (including phenoxy) is 2. The third-order valence-corrected chi connectivity index (χ3v) is 7.21. The molecule has 0 unspecified atom stereocenters. The second kappa shape index (κ2) is 9.99. The summed E-state index contributed by atoms with van der Waals surface area (Å²) in [4.78, 5) is 0.260. The van der Waals surface area contributed by atoms with E-state index < -0.39 is 20.1 Å². The molecular weight excluding hydrogens is 442 g/mol. The van der Waals surface area contributed by atoms with Gasteiger partial charge in [0.25, 0.3) is 0 Å². The van der Waals surface area contributed by atoms with Crippen LogP contribution in [0.5, 0.6) is 11.5 Å². The number of hydrogen-bond acceptors (Lipinski definition) is 7. The van der Waals surface area contributed by atoms with Crippen molar-refractivity contribution < 1.29 is 30.5 Å². The fraction of sp³-hybridized carbons (Fsp3) is 0.429. The lowest BCUT2D eigenvalue weighted by atomic mass is 10.1. The van der Waals surface area contributed by atoms with E-state index in [2.05, 4.69) is 0 Å². The summed E-state index contributed by atoms with van der Waals surface area (Å²) in [6.07, 6.45) is 0.928. The zero-order valence-electron chi connectivity index (χ0n) is 18.6. The average Bonchev–Trinajstić information content (AvgIpc) is 2.62. The molecule has 0 saturated carbocycles. The normalized spacial score (nSPS) is 12.2. The second-order valence-corrected chi connectivity index (χ2v) is 10.8. The molecule has 2 rings (SSSR count). The van der Waals surface area contributed by atoms with Gasteiger partial charge in [-0.2, -0.15) is 12.7 Å². The summed E-state index contributed by atoms with van der Waals surface area (Å²) in [5.74, 6) is 0.222. The molecule has 172 valence electrons. The van der Waals surface area contributed by atoms with Crippen molar-refractivity contribution in [2.24, 2.45) is 0 Å². The molecule has 2 aromatic carbocycles. The van der Waals surface area contributed by atoms with E-state index in [4.69, 9.17) is 13.7 Å². The molecule has 0 fully saturated rings. The van der Waals surface area contributed by atoms with Crippen LogP contribution in [0.4, 0.5) is 0 Å². The van der Waals surface area contributed by atoms with Crippen molar-refractivity contribution in [2.45, 2.75) is 32.2 Å². The SMILES string of the molecule is COCCN(Cc1ccc(OC)c(OS(C)(=O)=O)c1)S(=O)(=O)c1c(C)cc(C)cc1C. The quantitative estimate of drug-likeness (QED) is 0.491. The van der Waals surface area contributed by atoms with E-state index in [1.165, 1.54) is 24.6 Å². The zero-order chi connectivity index (χ0) is 23.4. The van der Waals surface area contributed by atoms with Crippen LogP contribution in [0.25, 0.3) is 0 Å². The summed E-state index contributed by atoms with van der Waals surface area (Å²) >= 11 is 0. The van der Waals surface area contributed by atoms with Crippen molar-refractivity contribution in [1.82, 2.24) is 4.31 Å². The minimum Gasteiger partial charge on any atom is -0.493 e. The van der Waals surface area contributed by atoms with Gasteiger partial charge in [0.2, 0.25) is 10.0 Å². The third-order valence-electron chi connectivity index (χ3n) is 4.58. The molecule has 0 spiro atoms. The van der Waals surface area contributed by atoms with Crippen LogP contribution in [0, 0.1) is 20.8 Å². The Morgan fingerprint density at radius 3 is 2.03 bits per heavy atom. The Kier molecular flexibility index (Phi) is 8.09. The molecule has 0 aromatic heterocycles. The molecular formula is C21H29NO7S2. The smallest absolute Gasteiger partial charge is 0.306 e. The first-order chi connectivity index (χ1) is 14.4. The number of rotatable bonds is 10. The highest BCUT2D eigenvalue weighted by Crippen LogP contribution is 2.31. The van der Waals surface area contributed by atoms with Gasteiger partial charge in [0.05, 0.1) is 24.9 Å². The molecule has 0 atom stereocenters. The first-order valence-electron chi connectivity index (χ1n) is 9.52. The van der Waals surface area contributed by atoms with Crippen LogP contribution in [0.1, 0.15) is 22.3 Å². The highest BCUT2D eigenvalue weighted by atomic mass is 32.2. The summed E-state index contributed by atoms with van der Waals surface area (Å²) in [6, 6.07) is 8.33. The maximum absolute atomic E-state index is 13.6. The Bertz CT molecular complexity index is 1120. The summed E-state index contributed by atoms with van der Waals surface area (Å²) in [5.41, 5.74) is 2.85. The summed E-state index contributed by atoms with van der Waals surface area (Å²) in [7, 11) is -4.75. The molecule has 0 aliphatic rings. The largest absolute Gasteiger partial charge is 0.493 e. The Labute approximate surface area is 184 Å². The number of benzene rings is 2. The van der Waals surface area contributed by atoms with Crippen LogP contribution in [0.2, 0.25) is 0 Å². The fourth-order valence-electron chi connectivity index (χ4n) is 3.43. The van der Waals surface area contributed by atoms with Gasteiger partial charge in [0.1, 0.15) is 0 Å². The fourth-order valence-corrected chi connectivity index (χ4v) is 5.71. The van der Waals surface area contributed by atoms with Gasteiger partial charge in [-0.15, -0.1) is 0 Å². The lowest BCUT2D eigenvalue weighted by Crippen LogP contribution is -2.34. The van der Waals surface area contributed by atoms with Crippen molar-refractivity contribution in [3.05, 3.63) is 52.6 Å². The molecule has 0 aliphatic heterocycles. The van der Waals surface area contributed by atoms with E-state index >= 15 is 0 Å². The molecule has 0 radical (unpaired) electrons. The Morgan fingerprint density at radius 2 is 1.52 bits per heavy atom. The first kappa shape index (κ1) is 25.1. The van der Waals surface area contributed by atoms with Crippen LogP contribution in [-0.4, -0.2) is 54.8 Å². The molecule has 0 saturated heterocycles. The van der Waals surface area contributed by atoms with Crippen molar-refractivity contribution in [3.63, 3.8) is 0 Å². The number of methoxy groups -OCH3 is 2. The van der Waals surface area contributed by atoms with E-state index in [0.717, 1.165) is 11.8 Å². The van der Waals surface area contributed by atoms with Crippen LogP contribution >= 0.6 is 0 Å². The zero-order valence-corrected chi connectivity index (χ0v) is 20.3. The van der Waals surface area contributed by atoms with E-state index in [-0.39, 0.29) is 36.1 Å². The van der Waals surface area contributed by atoms with Gasteiger partial charge in [-0.25, -0.2) is 8.42 Å². The Balaban J connectivity index is 2.50. The molecule has 0 bridgehead atoms. The number of aryl methyl sites for hydroxylation is 3. The monoisotopic (exact) mass is 471 g/mol. The minimum absolute atomic E-state index is 0.00255. The van der Waals surface area contributed by atoms with Gasteiger partial charge >= 0.3 is 10.1 Å². The van der Waals surface area contributed by atoms with Gasteiger partial charge in [-0.3, -0.25) is 0 Å². The van der Waals surface area contributed by atoms with Crippen LogP contribution < -0.4 is 8.92 Å². The Hall–Kier alpha value is -2.14. The first-order valence-corrected chi connectivity index (χ1v) is 12.8. The third kappa shape index (κ3) is 6.42.